The van der Waals surface area contributed by atoms with Crippen LogP contribution in [-0.2, 0) is 11.3 Å². The Labute approximate surface area is 167 Å². The van der Waals surface area contributed by atoms with Crippen LogP contribution in [0.1, 0.15) is 22.3 Å². The summed E-state index contributed by atoms with van der Waals surface area (Å²) >= 11 is 6.31. The molecule has 0 saturated carbocycles. The number of rotatable bonds is 5. The second-order valence-corrected chi connectivity index (χ2v) is 8.17. The maximum atomic E-state index is 12.5. The van der Waals surface area contributed by atoms with E-state index < -0.39 is 0 Å². The molecule has 0 aromatic heterocycles. The first-order chi connectivity index (χ1) is 12.9. The van der Waals surface area contributed by atoms with Gasteiger partial charge in [0.2, 0.25) is 0 Å². The highest BCUT2D eigenvalue weighted by atomic mass is 35.5. The number of carbonyl (C=O) groups is 1. The number of quaternary nitrogens is 2. The number of aryl methyl sites for hydroxylation is 3. The average molecular weight is 388 g/mol. The van der Waals surface area contributed by atoms with Crippen molar-refractivity contribution in [3.8, 4) is 0 Å². The molecule has 0 unspecified atom stereocenters. The number of hydrogen-bond donors (Lipinski definition) is 3. The van der Waals surface area contributed by atoms with Crippen LogP contribution < -0.4 is 15.1 Å². The predicted molar refractivity (Wildman–Crippen MR) is 111 cm³/mol. The van der Waals surface area contributed by atoms with Gasteiger partial charge in [0, 0.05) is 5.56 Å². The number of amides is 1. The molecule has 1 fully saturated rings. The smallest absolute Gasteiger partial charge is 0.279 e. The summed E-state index contributed by atoms with van der Waals surface area (Å²) in [7, 11) is 0. The van der Waals surface area contributed by atoms with Crippen molar-refractivity contribution < 1.29 is 14.6 Å². The molecule has 1 aliphatic heterocycles. The fourth-order valence-electron chi connectivity index (χ4n) is 3.87. The topological polar surface area (TPSA) is 38.0 Å². The van der Waals surface area contributed by atoms with Crippen LogP contribution in [0.3, 0.4) is 0 Å². The van der Waals surface area contributed by atoms with Gasteiger partial charge in [-0.3, -0.25) is 4.79 Å². The molecular weight excluding hydrogens is 358 g/mol. The summed E-state index contributed by atoms with van der Waals surface area (Å²) in [5.74, 6) is 0.0428. The minimum Gasteiger partial charge on any atom is -0.322 e. The molecule has 1 amide bonds. The normalized spacial score (nSPS) is 19.7. The van der Waals surface area contributed by atoms with E-state index in [9.17, 15) is 4.79 Å². The third-order valence-electron chi connectivity index (χ3n) is 5.47. The number of hydrogen-bond acceptors (Lipinski definition) is 1. The van der Waals surface area contributed by atoms with Crippen molar-refractivity contribution in [2.75, 3.05) is 38.0 Å². The number of nitrogens with one attached hydrogen (secondary N) is 3. The Morgan fingerprint density at radius 3 is 2.33 bits per heavy atom. The molecule has 0 bridgehead atoms. The third kappa shape index (κ3) is 5.32. The summed E-state index contributed by atoms with van der Waals surface area (Å²) in [5, 5.41) is 3.63. The quantitative estimate of drug-likeness (QED) is 0.708. The highest BCUT2D eigenvalue weighted by Crippen LogP contribution is 2.27. The number of benzene rings is 2. The summed E-state index contributed by atoms with van der Waals surface area (Å²) in [6.07, 6.45) is 0. The van der Waals surface area contributed by atoms with Gasteiger partial charge in [0.25, 0.3) is 5.91 Å². The molecule has 1 heterocycles. The third-order valence-corrected chi connectivity index (χ3v) is 5.77. The van der Waals surface area contributed by atoms with Gasteiger partial charge in [-0.25, -0.2) is 0 Å². The lowest BCUT2D eigenvalue weighted by atomic mass is 10.1. The van der Waals surface area contributed by atoms with E-state index in [1.165, 1.54) is 16.0 Å². The summed E-state index contributed by atoms with van der Waals surface area (Å²) in [4.78, 5) is 15.4. The Kier molecular flexibility index (Phi) is 6.53. The molecular formula is C22H30ClN3O+2. The highest BCUT2D eigenvalue weighted by Gasteiger charge is 2.25. The summed E-state index contributed by atoms with van der Waals surface area (Å²) in [6.45, 7) is 12.0. The van der Waals surface area contributed by atoms with Gasteiger partial charge in [-0.2, -0.15) is 0 Å². The zero-order valence-corrected chi connectivity index (χ0v) is 17.2. The first-order valence-electron chi connectivity index (χ1n) is 9.70. The Bertz CT molecular complexity index is 790. The van der Waals surface area contributed by atoms with Crippen molar-refractivity contribution in [3.05, 3.63) is 63.7 Å². The van der Waals surface area contributed by atoms with Crippen molar-refractivity contribution in [3.63, 3.8) is 0 Å². The summed E-state index contributed by atoms with van der Waals surface area (Å²) < 4.78 is 0. The van der Waals surface area contributed by atoms with Gasteiger partial charge in [0.1, 0.15) is 32.7 Å². The zero-order chi connectivity index (χ0) is 19.4. The van der Waals surface area contributed by atoms with E-state index in [4.69, 9.17) is 11.6 Å². The monoisotopic (exact) mass is 387 g/mol. The molecule has 0 aliphatic carbocycles. The van der Waals surface area contributed by atoms with Gasteiger partial charge in [0.15, 0.2) is 6.54 Å². The van der Waals surface area contributed by atoms with Gasteiger partial charge in [-0.1, -0.05) is 41.9 Å². The van der Waals surface area contributed by atoms with E-state index in [-0.39, 0.29) is 5.91 Å². The lowest BCUT2D eigenvalue weighted by Gasteiger charge is -2.29. The molecule has 5 heteroatoms. The largest absolute Gasteiger partial charge is 0.322 e. The molecule has 0 atom stereocenters. The Morgan fingerprint density at radius 1 is 1.00 bits per heavy atom. The van der Waals surface area contributed by atoms with Gasteiger partial charge < -0.3 is 15.1 Å². The maximum Gasteiger partial charge on any atom is 0.279 e. The molecule has 2 aromatic carbocycles. The zero-order valence-electron chi connectivity index (χ0n) is 16.5. The minimum atomic E-state index is 0.0428. The van der Waals surface area contributed by atoms with E-state index in [1.807, 2.05) is 26.0 Å². The molecule has 144 valence electrons. The van der Waals surface area contributed by atoms with E-state index in [2.05, 4.69) is 36.5 Å². The average Bonchev–Trinajstić information content (AvgIpc) is 2.62. The van der Waals surface area contributed by atoms with Crippen LogP contribution in [0.4, 0.5) is 5.69 Å². The van der Waals surface area contributed by atoms with Crippen LogP contribution in [0.2, 0.25) is 5.02 Å². The standard InChI is InChI=1S/C22H28ClN3O/c1-16-12-18(3)22(20(23)13-16)24-21(27)15-26-10-8-25(9-11-26)14-19-7-5-4-6-17(19)2/h4-7,12-13H,8-11,14-15H2,1-3H3,(H,24,27)/p+2. The second kappa shape index (κ2) is 8.87. The number of anilines is 1. The van der Waals surface area contributed by atoms with Gasteiger partial charge in [0.05, 0.1) is 10.7 Å². The van der Waals surface area contributed by atoms with Crippen molar-refractivity contribution >= 4 is 23.2 Å². The molecule has 0 spiro atoms. The lowest BCUT2D eigenvalue weighted by molar-refractivity contribution is -1.02. The Morgan fingerprint density at radius 2 is 1.67 bits per heavy atom. The molecule has 4 nitrogen and oxygen atoms in total. The first kappa shape index (κ1) is 19.9. The van der Waals surface area contributed by atoms with E-state index in [0.717, 1.165) is 49.5 Å². The number of piperazine rings is 1. The van der Waals surface area contributed by atoms with E-state index in [0.29, 0.717) is 11.6 Å². The molecule has 3 rings (SSSR count). The first-order valence-corrected chi connectivity index (χ1v) is 10.1. The van der Waals surface area contributed by atoms with Crippen LogP contribution in [0.25, 0.3) is 0 Å². The molecule has 1 saturated heterocycles. The van der Waals surface area contributed by atoms with Gasteiger partial charge >= 0.3 is 0 Å². The SMILES string of the molecule is Cc1cc(C)c(NC(=O)C[NH+]2CC[NH+](Cc3ccccc3C)CC2)c(Cl)c1. The summed E-state index contributed by atoms with van der Waals surface area (Å²) in [6, 6.07) is 12.6. The number of halogens is 1. The van der Waals surface area contributed by atoms with Crippen LogP contribution in [0, 0.1) is 20.8 Å². The van der Waals surface area contributed by atoms with Crippen molar-refractivity contribution in [2.45, 2.75) is 27.3 Å². The maximum absolute atomic E-state index is 12.5. The Hall–Kier alpha value is -1.88. The molecule has 27 heavy (non-hydrogen) atoms. The van der Waals surface area contributed by atoms with Crippen molar-refractivity contribution in [1.29, 1.82) is 0 Å². The van der Waals surface area contributed by atoms with Gasteiger partial charge in [-0.05, 0) is 43.5 Å². The molecule has 1 aliphatic rings. The van der Waals surface area contributed by atoms with Gasteiger partial charge in [-0.15, -0.1) is 0 Å². The molecule has 0 radical (unpaired) electrons. The predicted octanol–water partition coefficient (Wildman–Crippen LogP) is 1.19. The van der Waals surface area contributed by atoms with Crippen molar-refractivity contribution in [1.82, 2.24) is 0 Å². The minimum absolute atomic E-state index is 0.0428. The van der Waals surface area contributed by atoms with Crippen LogP contribution in [0.5, 0.6) is 0 Å². The summed E-state index contributed by atoms with van der Waals surface area (Å²) in [5.41, 5.74) is 5.66. The fraction of sp³-hybridized carbons (Fsp3) is 0.409. The van der Waals surface area contributed by atoms with E-state index in [1.54, 1.807) is 4.90 Å². The highest BCUT2D eigenvalue weighted by molar-refractivity contribution is 6.34. The second-order valence-electron chi connectivity index (χ2n) is 7.77. The van der Waals surface area contributed by atoms with Crippen LogP contribution >= 0.6 is 11.6 Å². The lowest BCUT2D eigenvalue weighted by Crippen LogP contribution is -3.28. The van der Waals surface area contributed by atoms with E-state index >= 15 is 0 Å². The Balaban J connectivity index is 1.49. The van der Waals surface area contributed by atoms with Crippen LogP contribution in [-0.4, -0.2) is 38.6 Å². The number of carbonyl (C=O) groups excluding carboxylic acids is 1. The van der Waals surface area contributed by atoms with Crippen molar-refractivity contribution in [2.24, 2.45) is 0 Å². The molecule has 2 aromatic rings. The fourth-order valence-corrected chi connectivity index (χ4v) is 4.24. The van der Waals surface area contributed by atoms with Crippen LogP contribution in [0.15, 0.2) is 36.4 Å². The molecule has 3 N–H and O–H groups in total.